The summed E-state index contributed by atoms with van der Waals surface area (Å²) in [6.07, 6.45) is 4.07. The molecule has 0 fully saturated rings. The molecule has 0 aliphatic heterocycles. The number of phenolic OH excluding ortho intramolecular Hbond substituents is 2. The number of hydrogen-bond donors (Lipinski definition) is 2. The van der Waals surface area contributed by atoms with E-state index in [0.717, 1.165) is 28.0 Å². The number of benzene rings is 5. The number of rotatable bonds is 18. The van der Waals surface area contributed by atoms with Crippen molar-refractivity contribution in [3.8, 4) is 28.7 Å². The van der Waals surface area contributed by atoms with E-state index in [-0.39, 0.29) is 17.6 Å². The van der Waals surface area contributed by atoms with Gasteiger partial charge in [0.15, 0.2) is 11.5 Å². The fraction of sp³-hybridized carbons (Fsp3) is 0.195. The van der Waals surface area contributed by atoms with Gasteiger partial charge < -0.3 is 33.9 Å². The van der Waals surface area contributed by atoms with Gasteiger partial charge in [0.05, 0.1) is 25.9 Å². The van der Waals surface area contributed by atoms with E-state index < -0.39 is 0 Å². The minimum absolute atomic E-state index is 0.0182. The maximum Gasteiger partial charge on any atom is 0.161 e. The Bertz CT molecular complexity index is 1680. The highest BCUT2D eigenvalue weighted by atomic mass is 16.5. The Morgan fingerprint density at radius 1 is 0.542 bits per heavy atom. The SMILES string of the molecule is [CH2]C(Cc1ccc(OCc2ccccc2)c(OCc2ccccc2)c1)OCCOCCOc1ccc(/C=C/c2cc(O)cc(O)c2)cc1. The molecule has 48 heavy (non-hydrogen) atoms. The number of aromatic hydroxyl groups is 2. The lowest BCUT2D eigenvalue weighted by Crippen LogP contribution is -2.17. The van der Waals surface area contributed by atoms with Gasteiger partial charge in [-0.3, -0.25) is 0 Å². The van der Waals surface area contributed by atoms with Crippen LogP contribution in [0.2, 0.25) is 0 Å². The first-order valence-electron chi connectivity index (χ1n) is 15.9. The highest BCUT2D eigenvalue weighted by Crippen LogP contribution is 2.31. The molecule has 0 aromatic heterocycles. The molecule has 247 valence electrons. The zero-order valence-corrected chi connectivity index (χ0v) is 26.9. The average Bonchev–Trinajstić information content (AvgIpc) is 3.10. The molecule has 5 rings (SSSR count). The van der Waals surface area contributed by atoms with Gasteiger partial charge in [0.2, 0.25) is 0 Å². The Balaban J connectivity index is 1.01. The van der Waals surface area contributed by atoms with E-state index in [1.165, 1.54) is 6.07 Å². The summed E-state index contributed by atoms with van der Waals surface area (Å²) in [5.74, 6) is 2.15. The zero-order valence-electron chi connectivity index (χ0n) is 26.9. The molecule has 5 aromatic rings. The lowest BCUT2D eigenvalue weighted by atomic mass is 10.1. The highest BCUT2D eigenvalue weighted by molar-refractivity contribution is 5.71. The third-order valence-corrected chi connectivity index (χ3v) is 7.30. The van der Waals surface area contributed by atoms with Crippen LogP contribution in [0.4, 0.5) is 0 Å². The Morgan fingerprint density at radius 2 is 1.15 bits per heavy atom. The van der Waals surface area contributed by atoms with E-state index in [1.54, 1.807) is 12.1 Å². The fourth-order valence-corrected chi connectivity index (χ4v) is 4.88. The smallest absolute Gasteiger partial charge is 0.161 e. The normalized spacial score (nSPS) is 11.8. The highest BCUT2D eigenvalue weighted by Gasteiger charge is 2.11. The van der Waals surface area contributed by atoms with Crippen molar-refractivity contribution in [2.75, 3.05) is 26.4 Å². The Hall–Kier alpha value is -5.24. The maximum absolute atomic E-state index is 9.62. The summed E-state index contributed by atoms with van der Waals surface area (Å²) >= 11 is 0. The molecule has 1 unspecified atom stereocenters. The fourth-order valence-electron chi connectivity index (χ4n) is 4.88. The summed E-state index contributed by atoms with van der Waals surface area (Å²) in [6.45, 7) is 6.76. The number of ether oxygens (including phenoxy) is 5. The first-order valence-corrected chi connectivity index (χ1v) is 15.9. The predicted molar refractivity (Wildman–Crippen MR) is 188 cm³/mol. The van der Waals surface area contributed by atoms with E-state index in [9.17, 15) is 10.2 Å². The van der Waals surface area contributed by atoms with Gasteiger partial charge in [-0.05, 0) is 77.6 Å². The van der Waals surface area contributed by atoms with Crippen LogP contribution in [0.15, 0.2) is 121 Å². The lowest BCUT2D eigenvalue weighted by molar-refractivity contribution is 0.0149. The molecule has 0 saturated carbocycles. The molecule has 0 heterocycles. The molecule has 0 aliphatic carbocycles. The van der Waals surface area contributed by atoms with Gasteiger partial charge in [0, 0.05) is 6.07 Å². The molecule has 7 nitrogen and oxygen atoms in total. The van der Waals surface area contributed by atoms with Crippen LogP contribution >= 0.6 is 0 Å². The maximum atomic E-state index is 9.62. The van der Waals surface area contributed by atoms with E-state index in [1.807, 2.05) is 115 Å². The Labute approximate surface area is 282 Å². The molecule has 1 radical (unpaired) electrons. The van der Waals surface area contributed by atoms with Gasteiger partial charge in [0.1, 0.15) is 37.1 Å². The van der Waals surface area contributed by atoms with Crippen LogP contribution in [-0.4, -0.2) is 42.7 Å². The first kappa shape index (κ1) is 34.1. The van der Waals surface area contributed by atoms with Gasteiger partial charge in [0.25, 0.3) is 0 Å². The minimum Gasteiger partial charge on any atom is -0.508 e. The van der Waals surface area contributed by atoms with Crippen LogP contribution in [-0.2, 0) is 29.1 Å². The van der Waals surface area contributed by atoms with Crippen molar-refractivity contribution in [2.24, 2.45) is 0 Å². The predicted octanol–water partition coefficient (Wildman–Crippen LogP) is 8.28. The molecule has 7 heteroatoms. The van der Waals surface area contributed by atoms with Crippen LogP contribution in [0, 0.1) is 6.92 Å². The summed E-state index contributed by atoms with van der Waals surface area (Å²) in [5.41, 5.74) is 4.88. The van der Waals surface area contributed by atoms with Crippen molar-refractivity contribution in [3.05, 3.63) is 156 Å². The largest absolute Gasteiger partial charge is 0.508 e. The third-order valence-electron chi connectivity index (χ3n) is 7.30. The molecule has 5 aromatic carbocycles. The minimum atomic E-state index is -0.256. The van der Waals surface area contributed by atoms with E-state index in [0.29, 0.717) is 63.1 Å². The van der Waals surface area contributed by atoms with Crippen LogP contribution in [0.3, 0.4) is 0 Å². The van der Waals surface area contributed by atoms with Crippen molar-refractivity contribution >= 4 is 12.2 Å². The standard InChI is InChI=1S/C41H41O7/c1-31(45-22-20-44-21-23-46-39-17-14-32(15-18-39)12-13-36-25-37(42)28-38(43)26-36)24-35-16-19-40(47-29-33-8-4-2-5-9-33)41(27-35)48-30-34-10-6-3-7-11-34/h2-19,25-28,31,42-43H,1,20-24,29-30H2/b13-12+. The molecule has 0 spiro atoms. The second-order valence-corrected chi connectivity index (χ2v) is 11.2. The molecular formula is C41H41O7. The number of phenols is 2. The van der Waals surface area contributed by atoms with Crippen LogP contribution in [0.25, 0.3) is 12.2 Å². The zero-order chi connectivity index (χ0) is 33.4. The Kier molecular flexibility index (Phi) is 12.9. The molecule has 0 saturated heterocycles. The second kappa shape index (κ2) is 18.2. The van der Waals surface area contributed by atoms with Gasteiger partial charge >= 0.3 is 0 Å². The summed E-state index contributed by atoms with van der Waals surface area (Å²) < 4.78 is 29.7. The molecule has 2 N–H and O–H groups in total. The summed E-state index contributed by atoms with van der Waals surface area (Å²) in [6, 6.07) is 38.2. The molecular weight excluding hydrogens is 604 g/mol. The van der Waals surface area contributed by atoms with Crippen molar-refractivity contribution in [3.63, 3.8) is 0 Å². The van der Waals surface area contributed by atoms with Crippen molar-refractivity contribution in [1.82, 2.24) is 0 Å². The monoisotopic (exact) mass is 645 g/mol. The first-order chi connectivity index (χ1) is 23.5. The molecule has 1 atom stereocenters. The Morgan fingerprint density at radius 3 is 1.81 bits per heavy atom. The van der Waals surface area contributed by atoms with Crippen LogP contribution in [0.1, 0.15) is 27.8 Å². The van der Waals surface area contributed by atoms with Crippen molar-refractivity contribution in [2.45, 2.75) is 25.7 Å². The number of hydrogen-bond acceptors (Lipinski definition) is 7. The van der Waals surface area contributed by atoms with Gasteiger partial charge in [-0.15, -0.1) is 0 Å². The van der Waals surface area contributed by atoms with Crippen LogP contribution < -0.4 is 14.2 Å². The quantitative estimate of drug-likeness (QED) is 0.0733. The second-order valence-electron chi connectivity index (χ2n) is 11.2. The summed E-state index contributed by atoms with van der Waals surface area (Å²) in [5, 5.41) is 19.2. The average molecular weight is 646 g/mol. The topological polar surface area (TPSA) is 86.6 Å². The molecule has 0 amide bonds. The summed E-state index contributed by atoms with van der Waals surface area (Å²) in [4.78, 5) is 0. The lowest BCUT2D eigenvalue weighted by Gasteiger charge is -2.17. The van der Waals surface area contributed by atoms with E-state index in [2.05, 4.69) is 6.92 Å². The van der Waals surface area contributed by atoms with Crippen molar-refractivity contribution in [1.29, 1.82) is 0 Å². The molecule has 0 bridgehead atoms. The van der Waals surface area contributed by atoms with Gasteiger partial charge in [-0.1, -0.05) is 91.0 Å². The van der Waals surface area contributed by atoms with Crippen molar-refractivity contribution < 1.29 is 33.9 Å². The van der Waals surface area contributed by atoms with Gasteiger partial charge in [-0.2, -0.15) is 0 Å². The van der Waals surface area contributed by atoms with Gasteiger partial charge in [-0.25, -0.2) is 0 Å². The van der Waals surface area contributed by atoms with E-state index in [4.69, 9.17) is 23.7 Å². The summed E-state index contributed by atoms with van der Waals surface area (Å²) in [7, 11) is 0. The van der Waals surface area contributed by atoms with E-state index >= 15 is 0 Å². The molecule has 0 aliphatic rings. The third kappa shape index (κ3) is 11.5. The van der Waals surface area contributed by atoms with Crippen LogP contribution in [0.5, 0.6) is 28.7 Å².